The normalized spacial score (nSPS) is 16.2. The average molecular weight is 236 g/mol. The van der Waals surface area contributed by atoms with Crippen LogP contribution in [0.15, 0.2) is 30.3 Å². The van der Waals surface area contributed by atoms with E-state index < -0.39 is 17.5 Å². The number of carboxylic acids is 1. The smallest absolute Gasteiger partial charge is 0.314 e. The fraction of sp³-hybridized carbons (Fsp3) is 0.500. The molecule has 1 aromatic carbocycles. The zero-order valence-corrected chi connectivity index (χ0v) is 10.4. The van der Waals surface area contributed by atoms with E-state index in [1.54, 1.807) is 6.92 Å². The number of hydrogen-bond acceptors (Lipinski definition) is 2. The Morgan fingerprint density at radius 2 is 1.94 bits per heavy atom. The summed E-state index contributed by atoms with van der Waals surface area (Å²) in [6, 6.07) is 9.27. The van der Waals surface area contributed by atoms with Crippen LogP contribution >= 0.6 is 0 Å². The second kappa shape index (κ2) is 5.82. The summed E-state index contributed by atoms with van der Waals surface area (Å²) in [6.07, 6.45) is 1.01. The van der Waals surface area contributed by atoms with Crippen molar-refractivity contribution in [3.63, 3.8) is 0 Å². The molecule has 0 radical (unpaired) electrons. The van der Waals surface area contributed by atoms with Gasteiger partial charge in [0.1, 0.15) is 0 Å². The fourth-order valence-electron chi connectivity index (χ4n) is 2.12. The molecule has 0 aromatic heterocycles. The van der Waals surface area contributed by atoms with Crippen molar-refractivity contribution in [2.75, 3.05) is 0 Å². The summed E-state index contributed by atoms with van der Waals surface area (Å²) >= 11 is 0. The van der Waals surface area contributed by atoms with Crippen molar-refractivity contribution in [3.8, 4) is 0 Å². The van der Waals surface area contributed by atoms with Crippen LogP contribution in [0.4, 0.5) is 0 Å². The number of aliphatic hydroxyl groups is 1. The summed E-state index contributed by atoms with van der Waals surface area (Å²) < 4.78 is 0. The lowest BCUT2D eigenvalue weighted by atomic mass is 9.74. The van der Waals surface area contributed by atoms with Crippen LogP contribution < -0.4 is 0 Å². The van der Waals surface area contributed by atoms with Crippen LogP contribution in [0.1, 0.15) is 38.7 Å². The maximum Gasteiger partial charge on any atom is 0.314 e. The summed E-state index contributed by atoms with van der Waals surface area (Å²) in [5.74, 6) is -0.813. The van der Waals surface area contributed by atoms with Gasteiger partial charge in [0, 0.05) is 0 Å². The molecule has 0 bridgehead atoms. The van der Waals surface area contributed by atoms with Crippen LogP contribution in [0.5, 0.6) is 0 Å². The highest BCUT2D eigenvalue weighted by molar-refractivity contribution is 5.81. The quantitative estimate of drug-likeness (QED) is 0.798. The highest BCUT2D eigenvalue weighted by atomic mass is 16.4. The van der Waals surface area contributed by atoms with Crippen molar-refractivity contribution in [2.45, 2.75) is 44.6 Å². The van der Waals surface area contributed by atoms with Crippen LogP contribution in [0, 0.1) is 0 Å². The van der Waals surface area contributed by atoms with Gasteiger partial charge < -0.3 is 10.2 Å². The van der Waals surface area contributed by atoms with Gasteiger partial charge in [-0.05, 0) is 31.7 Å². The Kier molecular flexibility index (Phi) is 4.70. The third kappa shape index (κ3) is 3.07. The molecule has 0 saturated carbocycles. The van der Waals surface area contributed by atoms with Gasteiger partial charge in [-0.3, -0.25) is 4.79 Å². The topological polar surface area (TPSA) is 57.5 Å². The van der Waals surface area contributed by atoms with E-state index in [2.05, 4.69) is 0 Å². The van der Waals surface area contributed by atoms with E-state index in [1.807, 2.05) is 37.3 Å². The molecule has 0 amide bonds. The van der Waals surface area contributed by atoms with Crippen LogP contribution in [-0.2, 0) is 10.2 Å². The van der Waals surface area contributed by atoms with Gasteiger partial charge in [0.15, 0.2) is 0 Å². The fourth-order valence-corrected chi connectivity index (χ4v) is 2.12. The molecule has 0 aliphatic rings. The number of benzene rings is 1. The van der Waals surface area contributed by atoms with Gasteiger partial charge in [-0.15, -0.1) is 0 Å². The van der Waals surface area contributed by atoms with Crippen molar-refractivity contribution < 1.29 is 15.0 Å². The first-order valence-electron chi connectivity index (χ1n) is 6.00. The zero-order chi connectivity index (χ0) is 12.9. The molecule has 2 unspecified atom stereocenters. The second-order valence-corrected chi connectivity index (χ2v) is 4.49. The molecule has 1 aromatic rings. The Hall–Kier alpha value is -1.35. The molecule has 2 atom stereocenters. The predicted octanol–water partition coefficient (Wildman–Crippen LogP) is 2.58. The summed E-state index contributed by atoms with van der Waals surface area (Å²) in [5.41, 5.74) is -0.0613. The summed E-state index contributed by atoms with van der Waals surface area (Å²) in [5, 5.41) is 18.9. The molecule has 0 saturated heterocycles. The molecule has 3 nitrogen and oxygen atoms in total. The molecule has 94 valence electrons. The van der Waals surface area contributed by atoms with Crippen LogP contribution in [0.2, 0.25) is 0 Å². The standard InChI is InChI=1S/C14H20O3/c1-3-14(13(16)17,10-9-11(2)15)12-7-5-4-6-8-12/h4-8,11,15H,3,9-10H2,1-2H3,(H,16,17). The number of aliphatic hydroxyl groups excluding tert-OH is 1. The lowest BCUT2D eigenvalue weighted by molar-refractivity contribution is -0.144. The Morgan fingerprint density at radius 3 is 2.35 bits per heavy atom. The van der Waals surface area contributed by atoms with Crippen molar-refractivity contribution in [1.29, 1.82) is 0 Å². The SMILES string of the molecule is CCC(CCC(C)O)(C(=O)O)c1ccccc1. The Morgan fingerprint density at radius 1 is 1.35 bits per heavy atom. The van der Waals surface area contributed by atoms with Gasteiger partial charge in [0.2, 0.25) is 0 Å². The Balaban J connectivity index is 3.05. The monoisotopic (exact) mass is 236 g/mol. The van der Waals surface area contributed by atoms with Gasteiger partial charge in [-0.2, -0.15) is 0 Å². The van der Waals surface area contributed by atoms with Crippen LogP contribution in [0.3, 0.4) is 0 Å². The van der Waals surface area contributed by atoms with E-state index in [0.717, 1.165) is 5.56 Å². The number of hydrogen-bond donors (Lipinski definition) is 2. The molecule has 0 aliphatic heterocycles. The number of rotatable bonds is 6. The van der Waals surface area contributed by atoms with E-state index in [1.165, 1.54) is 0 Å². The largest absolute Gasteiger partial charge is 0.481 e. The van der Waals surface area contributed by atoms with E-state index in [4.69, 9.17) is 0 Å². The van der Waals surface area contributed by atoms with E-state index in [-0.39, 0.29) is 0 Å². The van der Waals surface area contributed by atoms with E-state index >= 15 is 0 Å². The molecule has 2 N–H and O–H groups in total. The van der Waals surface area contributed by atoms with Crippen LogP contribution in [-0.4, -0.2) is 22.3 Å². The number of carbonyl (C=O) groups is 1. The third-order valence-electron chi connectivity index (χ3n) is 3.33. The van der Waals surface area contributed by atoms with Crippen LogP contribution in [0.25, 0.3) is 0 Å². The molecule has 1 rings (SSSR count). The van der Waals surface area contributed by atoms with Gasteiger partial charge >= 0.3 is 5.97 Å². The minimum absolute atomic E-state index is 0.459. The van der Waals surface area contributed by atoms with Crippen molar-refractivity contribution in [1.82, 2.24) is 0 Å². The first-order valence-corrected chi connectivity index (χ1v) is 6.00. The third-order valence-corrected chi connectivity index (χ3v) is 3.33. The second-order valence-electron chi connectivity index (χ2n) is 4.49. The highest BCUT2D eigenvalue weighted by Crippen LogP contribution is 2.33. The number of aliphatic carboxylic acids is 1. The lowest BCUT2D eigenvalue weighted by Crippen LogP contribution is -2.36. The predicted molar refractivity (Wildman–Crippen MR) is 67.0 cm³/mol. The van der Waals surface area contributed by atoms with Crippen molar-refractivity contribution in [2.24, 2.45) is 0 Å². The maximum atomic E-state index is 11.6. The molecule has 0 fully saturated rings. The molecular weight excluding hydrogens is 216 g/mol. The van der Waals surface area contributed by atoms with Gasteiger partial charge in [0.25, 0.3) is 0 Å². The summed E-state index contributed by atoms with van der Waals surface area (Å²) in [4.78, 5) is 11.6. The first kappa shape index (κ1) is 13.7. The average Bonchev–Trinajstić information content (AvgIpc) is 2.31. The molecule has 3 heteroatoms. The molecular formula is C14H20O3. The van der Waals surface area contributed by atoms with Gasteiger partial charge in [-0.25, -0.2) is 0 Å². The van der Waals surface area contributed by atoms with Gasteiger partial charge in [0.05, 0.1) is 11.5 Å². The molecule has 17 heavy (non-hydrogen) atoms. The summed E-state index contributed by atoms with van der Waals surface area (Å²) in [7, 11) is 0. The Labute approximate surface area is 102 Å². The molecule has 0 aliphatic carbocycles. The van der Waals surface area contributed by atoms with Crippen molar-refractivity contribution >= 4 is 5.97 Å². The molecule has 0 spiro atoms. The van der Waals surface area contributed by atoms with E-state index in [0.29, 0.717) is 19.3 Å². The minimum atomic E-state index is -0.877. The Bertz CT molecular complexity index is 359. The lowest BCUT2D eigenvalue weighted by Gasteiger charge is -2.29. The summed E-state index contributed by atoms with van der Waals surface area (Å²) in [6.45, 7) is 3.57. The minimum Gasteiger partial charge on any atom is -0.481 e. The number of carboxylic acid groups (broad SMARTS) is 1. The highest BCUT2D eigenvalue weighted by Gasteiger charge is 2.38. The molecule has 0 heterocycles. The maximum absolute atomic E-state index is 11.6. The van der Waals surface area contributed by atoms with Crippen molar-refractivity contribution in [3.05, 3.63) is 35.9 Å². The van der Waals surface area contributed by atoms with Gasteiger partial charge in [-0.1, -0.05) is 37.3 Å². The first-order chi connectivity index (χ1) is 8.03. The zero-order valence-electron chi connectivity index (χ0n) is 10.4. The van der Waals surface area contributed by atoms with E-state index in [9.17, 15) is 15.0 Å².